The van der Waals surface area contributed by atoms with Gasteiger partial charge in [0.15, 0.2) is 0 Å². The van der Waals surface area contributed by atoms with Crippen LogP contribution in [0.3, 0.4) is 0 Å². The SMILES string of the molecule is CCC(C)N1C(CNC)C(=O)N(C)CC1(C)C. The summed E-state index contributed by atoms with van der Waals surface area (Å²) >= 11 is 0. The van der Waals surface area contributed by atoms with Gasteiger partial charge >= 0.3 is 0 Å². The first-order chi connectivity index (χ1) is 7.85. The fraction of sp³-hybridized carbons (Fsp3) is 0.923. The summed E-state index contributed by atoms with van der Waals surface area (Å²) in [7, 11) is 3.81. The van der Waals surface area contributed by atoms with Crippen molar-refractivity contribution >= 4 is 5.91 Å². The van der Waals surface area contributed by atoms with Crippen molar-refractivity contribution in [3.63, 3.8) is 0 Å². The molecule has 0 aromatic rings. The number of rotatable bonds is 4. The molecule has 1 rings (SSSR count). The number of carbonyl (C=O) groups excluding carboxylic acids is 1. The summed E-state index contributed by atoms with van der Waals surface area (Å²) in [5.74, 6) is 0.235. The molecule has 4 nitrogen and oxygen atoms in total. The monoisotopic (exact) mass is 241 g/mol. The normalized spacial score (nSPS) is 27.3. The highest BCUT2D eigenvalue weighted by Gasteiger charge is 2.45. The molecule has 0 aliphatic carbocycles. The highest BCUT2D eigenvalue weighted by molar-refractivity contribution is 5.83. The summed E-state index contributed by atoms with van der Waals surface area (Å²) in [4.78, 5) is 16.5. The van der Waals surface area contributed by atoms with Gasteiger partial charge in [0.05, 0.1) is 0 Å². The van der Waals surface area contributed by atoms with Crippen molar-refractivity contribution in [1.29, 1.82) is 0 Å². The van der Waals surface area contributed by atoms with Gasteiger partial charge in [-0.05, 0) is 34.2 Å². The second-order valence-electron chi connectivity index (χ2n) is 5.74. The average Bonchev–Trinajstić information content (AvgIpc) is 2.24. The van der Waals surface area contributed by atoms with E-state index in [0.29, 0.717) is 6.04 Å². The standard InChI is InChI=1S/C13H27N3O/c1-7-10(2)16-11(8-14-5)12(17)15(6)9-13(16,3)4/h10-11,14H,7-9H2,1-6H3. The van der Waals surface area contributed by atoms with Gasteiger partial charge in [-0.3, -0.25) is 9.69 Å². The van der Waals surface area contributed by atoms with Crippen molar-refractivity contribution in [3.8, 4) is 0 Å². The second-order valence-corrected chi connectivity index (χ2v) is 5.74. The van der Waals surface area contributed by atoms with Crippen LogP contribution in [-0.4, -0.2) is 60.5 Å². The third kappa shape index (κ3) is 2.80. The Hall–Kier alpha value is -0.610. The summed E-state index contributed by atoms with van der Waals surface area (Å²) in [5, 5.41) is 3.15. The molecule has 1 saturated heterocycles. The lowest BCUT2D eigenvalue weighted by molar-refractivity contribution is -0.150. The quantitative estimate of drug-likeness (QED) is 0.795. The first-order valence-corrected chi connectivity index (χ1v) is 6.53. The van der Waals surface area contributed by atoms with Crippen molar-refractivity contribution in [2.45, 2.75) is 51.7 Å². The molecule has 1 heterocycles. The molecule has 0 aromatic heterocycles. The fourth-order valence-corrected chi connectivity index (χ4v) is 3.01. The van der Waals surface area contributed by atoms with E-state index in [1.54, 1.807) is 0 Å². The highest BCUT2D eigenvalue weighted by atomic mass is 16.2. The Labute approximate surface area is 105 Å². The fourth-order valence-electron chi connectivity index (χ4n) is 3.01. The van der Waals surface area contributed by atoms with Crippen LogP contribution in [0.15, 0.2) is 0 Å². The Morgan fingerprint density at radius 2 is 2.12 bits per heavy atom. The van der Waals surface area contributed by atoms with Gasteiger partial charge in [-0.15, -0.1) is 0 Å². The molecule has 2 atom stereocenters. The third-order valence-corrected chi connectivity index (χ3v) is 3.78. The second kappa shape index (κ2) is 5.36. The van der Waals surface area contributed by atoms with Gasteiger partial charge in [-0.1, -0.05) is 6.92 Å². The topological polar surface area (TPSA) is 35.6 Å². The minimum absolute atomic E-state index is 0.0382. The zero-order valence-electron chi connectivity index (χ0n) is 12.1. The van der Waals surface area contributed by atoms with Gasteiger partial charge in [0.2, 0.25) is 5.91 Å². The van der Waals surface area contributed by atoms with E-state index in [1.165, 1.54) is 0 Å². The van der Waals surface area contributed by atoms with E-state index in [2.05, 4.69) is 37.9 Å². The van der Waals surface area contributed by atoms with Gasteiger partial charge in [-0.25, -0.2) is 0 Å². The molecule has 0 radical (unpaired) electrons. The predicted molar refractivity (Wildman–Crippen MR) is 71.0 cm³/mol. The maximum absolute atomic E-state index is 12.3. The number of likely N-dealkylation sites (N-methyl/N-ethyl adjacent to an activating group) is 2. The highest BCUT2D eigenvalue weighted by Crippen LogP contribution is 2.28. The number of hydrogen-bond acceptors (Lipinski definition) is 3. The molecule has 0 saturated carbocycles. The molecule has 1 fully saturated rings. The summed E-state index contributed by atoms with van der Waals surface area (Å²) in [6.45, 7) is 10.4. The van der Waals surface area contributed by atoms with Gasteiger partial charge in [0, 0.05) is 31.7 Å². The van der Waals surface area contributed by atoms with Crippen LogP contribution in [-0.2, 0) is 4.79 Å². The van der Waals surface area contributed by atoms with Crippen LogP contribution in [0, 0.1) is 0 Å². The van der Waals surface area contributed by atoms with E-state index in [-0.39, 0.29) is 17.5 Å². The molecule has 100 valence electrons. The van der Waals surface area contributed by atoms with E-state index in [9.17, 15) is 4.79 Å². The van der Waals surface area contributed by atoms with Crippen molar-refractivity contribution in [2.75, 3.05) is 27.2 Å². The Balaban J connectivity index is 3.02. The first-order valence-electron chi connectivity index (χ1n) is 6.53. The van der Waals surface area contributed by atoms with Crippen LogP contribution in [0.5, 0.6) is 0 Å². The van der Waals surface area contributed by atoms with Crippen LogP contribution in [0.1, 0.15) is 34.1 Å². The number of hydrogen-bond donors (Lipinski definition) is 1. The van der Waals surface area contributed by atoms with Crippen LogP contribution < -0.4 is 5.32 Å². The molecule has 2 unspecified atom stereocenters. The van der Waals surface area contributed by atoms with Crippen molar-refractivity contribution in [3.05, 3.63) is 0 Å². The molecule has 1 aliphatic heterocycles. The number of carbonyl (C=O) groups is 1. The van der Waals surface area contributed by atoms with E-state index in [0.717, 1.165) is 19.5 Å². The molecule has 1 aliphatic rings. The molecule has 0 spiro atoms. The molecule has 1 amide bonds. The summed E-state index contributed by atoms with van der Waals surface area (Å²) in [6, 6.07) is 0.393. The summed E-state index contributed by atoms with van der Waals surface area (Å²) < 4.78 is 0. The van der Waals surface area contributed by atoms with E-state index < -0.39 is 0 Å². The molecule has 0 bridgehead atoms. The van der Waals surface area contributed by atoms with Crippen LogP contribution >= 0.6 is 0 Å². The smallest absolute Gasteiger partial charge is 0.241 e. The minimum atomic E-state index is -0.0382. The number of nitrogens with one attached hydrogen (secondary N) is 1. The third-order valence-electron chi connectivity index (χ3n) is 3.78. The van der Waals surface area contributed by atoms with Gasteiger partial charge in [0.25, 0.3) is 0 Å². The first kappa shape index (κ1) is 14.5. The molecule has 0 aromatic carbocycles. The van der Waals surface area contributed by atoms with Crippen molar-refractivity contribution in [1.82, 2.24) is 15.1 Å². The van der Waals surface area contributed by atoms with Crippen molar-refractivity contribution in [2.24, 2.45) is 0 Å². The average molecular weight is 241 g/mol. The Bertz CT molecular complexity index is 278. The van der Waals surface area contributed by atoms with Crippen LogP contribution in [0.4, 0.5) is 0 Å². The zero-order chi connectivity index (χ0) is 13.2. The lowest BCUT2D eigenvalue weighted by Gasteiger charge is -2.52. The lowest BCUT2D eigenvalue weighted by Crippen LogP contribution is -2.69. The molecule has 4 heteroatoms. The van der Waals surface area contributed by atoms with E-state index in [4.69, 9.17) is 0 Å². The van der Waals surface area contributed by atoms with Crippen LogP contribution in [0.2, 0.25) is 0 Å². The molecule has 17 heavy (non-hydrogen) atoms. The van der Waals surface area contributed by atoms with Crippen LogP contribution in [0.25, 0.3) is 0 Å². The number of piperazine rings is 1. The summed E-state index contributed by atoms with van der Waals surface area (Å²) in [5.41, 5.74) is 0.0413. The maximum Gasteiger partial charge on any atom is 0.241 e. The zero-order valence-corrected chi connectivity index (χ0v) is 12.1. The Morgan fingerprint density at radius 3 is 2.59 bits per heavy atom. The Morgan fingerprint density at radius 1 is 1.53 bits per heavy atom. The van der Waals surface area contributed by atoms with Crippen molar-refractivity contribution < 1.29 is 4.79 Å². The lowest BCUT2D eigenvalue weighted by atomic mass is 9.91. The van der Waals surface area contributed by atoms with E-state index in [1.807, 2.05) is 19.0 Å². The van der Waals surface area contributed by atoms with E-state index >= 15 is 0 Å². The minimum Gasteiger partial charge on any atom is -0.343 e. The summed E-state index contributed by atoms with van der Waals surface area (Å²) in [6.07, 6.45) is 1.07. The van der Waals surface area contributed by atoms with Gasteiger partial charge < -0.3 is 10.2 Å². The maximum atomic E-state index is 12.3. The number of nitrogens with zero attached hydrogens (tertiary/aromatic N) is 2. The predicted octanol–water partition coefficient (Wildman–Crippen LogP) is 0.926. The molecular formula is C13H27N3O. The largest absolute Gasteiger partial charge is 0.343 e. The van der Waals surface area contributed by atoms with Gasteiger partial charge in [0.1, 0.15) is 6.04 Å². The number of amides is 1. The Kier molecular flexibility index (Phi) is 4.55. The molecule has 1 N–H and O–H groups in total. The molecular weight excluding hydrogens is 214 g/mol. The van der Waals surface area contributed by atoms with Gasteiger partial charge in [-0.2, -0.15) is 0 Å².